The molecule has 0 aromatic heterocycles. The molecule has 138 valence electrons. The van der Waals surface area contributed by atoms with Crippen LogP contribution in [0.2, 0.25) is 0 Å². The van der Waals surface area contributed by atoms with Crippen LogP contribution in [-0.2, 0) is 13.1 Å². The van der Waals surface area contributed by atoms with Crippen molar-refractivity contribution in [3.63, 3.8) is 0 Å². The van der Waals surface area contributed by atoms with Gasteiger partial charge in [0.25, 0.3) is 0 Å². The molecule has 2 aliphatic rings. The van der Waals surface area contributed by atoms with Crippen molar-refractivity contribution < 1.29 is 4.39 Å². The van der Waals surface area contributed by atoms with Gasteiger partial charge in [0.15, 0.2) is 5.96 Å². The Morgan fingerprint density at radius 3 is 2.52 bits per heavy atom. The summed E-state index contributed by atoms with van der Waals surface area (Å²) in [6.07, 6.45) is 5.49. The van der Waals surface area contributed by atoms with Gasteiger partial charge in [0, 0.05) is 38.8 Å². The van der Waals surface area contributed by atoms with Gasteiger partial charge >= 0.3 is 0 Å². The van der Waals surface area contributed by atoms with Gasteiger partial charge in [-0.3, -0.25) is 4.99 Å². The van der Waals surface area contributed by atoms with Crippen molar-refractivity contribution in [3.05, 3.63) is 35.1 Å². The van der Waals surface area contributed by atoms with E-state index in [1.807, 2.05) is 38.2 Å². The van der Waals surface area contributed by atoms with Gasteiger partial charge in [-0.1, -0.05) is 18.9 Å². The smallest absolute Gasteiger partial charge is 0.193 e. The van der Waals surface area contributed by atoms with Crippen molar-refractivity contribution in [1.29, 1.82) is 0 Å². The zero-order chi connectivity index (χ0) is 17.8. The lowest BCUT2D eigenvalue weighted by Gasteiger charge is -2.22. The molecule has 5 heteroatoms. The molecule has 25 heavy (non-hydrogen) atoms. The first-order chi connectivity index (χ1) is 12.1. The molecule has 1 saturated heterocycles. The van der Waals surface area contributed by atoms with Crippen molar-refractivity contribution in [3.8, 4) is 0 Å². The van der Waals surface area contributed by atoms with E-state index in [1.54, 1.807) is 6.07 Å². The number of benzene rings is 1. The first kappa shape index (κ1) is 18.2. The van der Waals surface area contributed by atoms with Crippen LogP contribution in [0.25, 0.3) is 0 Å². The van der Waals surface area contributed by atoms with Crippen molar-refractivity contribution in [2.45, 2.75) is 38.8 Å². The Hall–Kier alpha value is -1.62. The summed E-state index contributed by atoms with van der Waals surface area (Å²) in [4.78, 5) is 8.87. The molecule has 1 aliphatic carbocycles. The van der Waals surface area contributed by atoms with Gasteiger partial charge in [-0.05, 0) is 56.5 Å². The quantitative estimate of drug-likeness (QED) is 0.671. The summed E-state index contributed by atoms with van der Waals surface area (Å²) in [5, 5.41) is 3.48. The Labute approximate surface area is 151 Å². The minimum absolute atomic E-state index is 0.134. The normalized spacial score (nSPS) is 23.9. The molecule has 2 unspecified atom stereocenters. The third kappa shape index (κ3) is 4.51. The van der Waals surface area contributed by atoms with Crippen LogP contribution < -0.4 is 5.32 Å². The predicted octanol–water partition coefficient (Wildman–Crippen LogP) is 3.08. The van der Waals surface area contributed by atoms with Crippen molar-refractivity contribution in [1.82, 2.24) is 15.1 Å². The fraction of sp³-hybridized carbons (Fsp3) is 0.650. The number of fused-ring (bicyclic) bond motifs is 1. The minimum Gasteiger partial charge on any atom is -0.352 e. The fourth-order valence-corrected chi connectivity index (χ4v) is 4.29. The van der Waals surface area contributed by atoms with Gasteiger partial charge in [-0.15, -0.1) is 0 Å². The maximum Gasteiger partial charge on any atom is 0.193 e. The number of hydrogen-bond acceptors (Lipinski definition) is 2. The SMILES string of the molecule is CN=C(NCc1ccc(F)c(CN(C)C)c1)N1CC2CCCCC2C1. The third-order valence-corrected chi connectivity index (χ3v) is 5.53. The highest BCUT2D eigenvalue weighted by atomic mass is 19.1. The Bertz CT molecular complexity index is 600. The molecular formula is C20H31FN4. The largest absolute Gasteiger partial charge is 0.352 e. The molecule has 1 aliphatic heterocycles. The summed E-state index contributed by atoms with van der Waals surface area (Å²) < 4.78 is 13.9. The molecule has 0 spiro atoms. The Balaban J connectivity index is 1.60. The average Bonchev–Trinajstić information content (AvgIpc) is 3.01. The van der Waals surface area contributed by atoms with Gasteiger partial charge in [-0.25, -0.2) is 4.39 Å². The van der Waals surface area contributed by atoms with Crippen molar-refractivity contribution >= 4 is 5.96 Å². The molecular weight excluding hydrogens is 315 g/mol. The molecule has 1 aromatic rings. The average molecular weight is 346 g/mol. The standard InChI is InChI=1S/C20H31FN4/c1-22-20(25-13-16-6-4-5-7-17(16)14-25)23-11-15-8-9-19(21)18(10-15)12-24(2)3/h8-10,16-17H,4-7,11-14H2,1-3H3,(H,22,23). The summed E-state index contributed by atoms with van der Waals surface area (Å²) in [5.41, 5.74) is 1.84. The van der Waals surface area contributed by atoms with Gasteiger partial charge in [0.2, 0.25) is 0 Å². The first-order valence-electron chi connectivity index (χ1n) is 9.44. The second kappa shape index (κ2) is 8.17. The van der Waals surface area contributed by atoms with Crippen LogP contribution in [0.5, 0.6) is 0 Å². The first-order valence-corrected chi connectivity index (χ1v) is 9.44. The lowest BCUT2D eigenvalue weighted by molar-refractivity contribution is 0.299. The molecule has 0 radical (unpaired) electrons. The maximum absolute atomic E-state index is 13.9. The van der Waals surface area contributed by atoms with E-state index in [-0.39, 0.29) is 5.82 Å². The van der Waals surface area contributed by atoms with E-state index in [9.17, 15) is 4.39 Å². The molecule has 1 heterocycles. The molecule has 0 amide bonds. The summed E-state index contributed by atoms with van der Waals surface area (Å²) >= 11 is 0. The highest BCUT2D eigenvalue weighted by Gasteiger charge is 2.35. The Morgan fingerprint density at radius 2 is 1.92 bits per heavy atom. The lowest BCUT2D eigenvalue weighted by Crippen LogP contribution is -2.39. The Kier molecular flexibility index (Phi) is 5.94. The predicted molar refractivity (Wildman–Crippen MR) is 101 cm³/mol. The van der Waals surface area contributed by atoms with Crippen LogP contribution in [0.4, 0.5) is 4.39 Å². The Morgan fingerprint density at radius 1 is 1.24 bits per heavy atom. The second-order valence-corrected chi connectivity index (χ2v) is 7.77. The second-order valence-electron chi connectivity index (χ2n) is 7.77. The number of nitrogens with zero attached hydrogens (tertiary/aromatic N) is 3. The van der Waals surface area contributed by atoms with E-state index < -0.39 is 0 Å². The topological polar surface area (TPSA) is 30.9 Å². The maximum atomic E-state index is 13.9. The van der Waals surface area contributed by atoms with Gasteiger partial charge in [0.05, 0.1) is 0 Å². The van der Waals surface area contributed by atoms with E-state index in [0.717, 1.165) is 42.0 Å². The summed E-state index contributed by atoms with van der Waals surface area (Å²) in [6.45, 7) is 3.54. The number of guanidine groups is 1. The van der Waals surface area contributed by atoms with Crippen LogP contribution in [0.3, 0.4) is 0 Å². The number of likely N-dealkylation sites (tertiary alicyclic amines) is 1. The summed E-state index contributed by atoms with van der Waals surface area (Å²) in [7, 11) is 5.77. The zero-order valence-electron chi connectivity index (χ0n) is 15.8. The van der Waals surface area contributed by atoms with Crippen LogP contribution in [-0.4, -0.2) is 50.0 Å². The van der Waals surface area contributed by atoms with E-state index in [4.69, 9.17) is 0 Å². The van der Waals surface area contributed by atoms with Crippen LogP contribution in [0.15, 0.2) is 23.2 Å². The zero-order valence-corrected chi connectivity index (χ0v) is 15.8. The molecule has 1 saturated carbocycles. The number of nitrogens with one attached hydrogen (secondary N) is 1. The van der Waals surface area contributed by atoms with Crippen molar-refractivity contribution in [2.24, 2.45) is 16.8 Å². The number of halogens is 1. The number of hydrogen-bond donors (Lipinski definition) is 1. The molecule has 4 nitrogen and oxygen atoms in total. The summed E-state index contributed by atoms with van der Waals surface area (Å²) in [6, 6.07) is 5.39. The van der Waals surface area contributed by atoms with Crippen LogP contribution in [0, 0.1) is 17.7 Å². The lowest BCUT2D eigenvalue weighted by atomic mass is 9.82. The fourth-order valence-electron chi connectivity index (χ4n) is 4.29. The van der Waals surface area contributed by atoms with E-state index >= 15 is 0 Å². The third-order valence-electron chi connectivity index (χ3n) is 5.53. The molecule has 2 fully saturated rings. The van der Waals surface area contributed by atoms with Gasteiger partial charge in [0.1, 0.15) is 5.82 Å². The molecule has 2 atom stereocenters. The summed E-state index contributed by atoms with van der Waals surface area (Å²) in [5.74, 6) is 2.52. The minimum atomic E-state index is -0.134. The highest BCUT2D eigenvalue weighted by Crippen LogP contribution is 2.35. The van der Waals surface area contributed by atoms with Crippen LogP contribution in [0.1, 0.15) is 36.8 Å². The van der Waals surface area contributed by atoms with E-state index in [1.165, 1.54) is 25.7 Å². The molecule has 3 rings (SSSR count). The highest BCUT2D eigenvalue weighted by molar-refractivity contribution is 5.80. The van der Waals surface area contributed by atoms with Gasteiger partial charge < -0.3 is 15.1 Å². The van der Waals surface area contributed by atoms with E-state index in [2.05, 4.69) is 15.2 Å². The van der Waals surface area contributed by atoms with Crippen LogP contribution >= 0.6 is 0 Å². The van der Waals surface area contributed by atoms with Gasteiger partial charge in [-0.2, -0.15) is 0 Å². The molecule has 1 N–H and O–H groups in total. The monoisotopic (exact) mass is 346 g/mol. The number of rotatable bonds is 4. The molecule has 0 bridgehead atoms. The van der Waals surface area contributed by atoms with Crippen molar-refractivity contribution in [2.75, 3.05) is 34.2 Å². The number of aliphatic imine (C=N–C) groups is 1. The molecule has 1 aromatic carbocycles. The van der Waals surface area contributed by atoms with E-state index in [0.29, 0.717) is 13.1 Å².